The maximum atomic E-state index is 13.9. The van der Waals surface area contributed by atoms with Crippen LogP contribution in [0.25, 0.3) is 0 Å². The Morgan fingerprint density at radius 3 is 1.76 bits per heavy atom. The Morgan fingerprint density at radius 2 is 1.40 bits per heavy atom. The first-order valence-corrected chi connectivity index (χ1v) is 8.10. The van der Waals surface area contributed by atoms with Gasteiger partial charge < -0.3 is 4.55 Å². The van der Waals surface area contributed by atoms with E-state index in [9.17, 15) is 48.1 Å². The van der Waals surface area contributed by atoms with Gasteiger partial charge in [-0.25, -0.2) is 13.2 Å². The van der Waals surface area contributed by atoms with Crippen molar-refractivity contribution in [1.82, 2.24) is 0 Å². The van der Waals surface area contributed by atoms with E-state index in [1.165, 1.54) is 0 Å². The summed E-state index contributed by atoms with van der Waals surface area (Å²) in [6, 6.07) is 0. The molecule has 0 heterocycles. The van der Waals surface area contributed by atoms with Crippen LogP contribution in [-0.4, -0.2) is 36.4 Å². The molecule has 2 bridgehead atoms. The third-order valence-corrected chi connectivity index (χ3v) is 5.37. The summed E-state index contributed by atoms with van der Waals surface area (Å²) >= 11 is 0. The summed E-state index contributed by atoms with van der Waals surface area (Å²) < 4.78 is 139. The van der Waals surface area contributed by atoms with Crippen LogP contribution in [0.2, 0.25) is 0 Å². The Balaban J connectivity index is 0.00000312. The second kappa shape index (κ2) is 6.73. The molecule has 3 atom stereocenters. The molecule has 2 fully saturated rings. The molecule has 142 valence electrons. The van der Waals surface area contributed by atoms with Crippen molar-refractivity contribution < 1.29 is 82.4 Å². The quantitative estimate of drug-likeness (QED) is 0.359. The SMILES string of the molecule is O=S(=O)([O-])C(F)(F)C(F)(F)OC(F)(F)C(F)(F)C1CC2CCC1C2.[Na+]. The smallest absolute Gasteiger partial charge is 0.743 e. The minimum absolute atomic E-state index is 0. The normalized spacial score (nSPS) is 28.1. The van der Waals surface area contributed by atoms with Crippen LogP contribution in [0.3, 0.4) is 0 Å². The van der Waals surface area contributed by atoms with Gasteiger partial charge in [-0.1, -0.05) is 6.42 Å². The Morgan fingerprint density at radius 1 is 0.880 bits per heavy atom. The van der Waals surface area contributed by atoms with Gasteiger partial charge in [0.2, 0.25) is 0 Å². The first-order valence-electron chi connectivity index (χ1n) is 6.70. The van der Waals surface area contributed by atoms with Crippen molar-refractivity contribution in [2.75, 3.05) is 0 Å². The molecule has 3 unspecified atom stereocenters. The first kappa shape index (κ1) is 23.3. The molecule has 0 aliphatic heterocycles. The van der Waals surface area contributed by atoms with Gasteiger partial charge in [0.1, 0.15) is 0 Å². The molecule has 14 heteroatoms. The van der Waals surface area contributed by atoms with Crippen molar-refractivity contribution in [3.05, 3.63) is 0 Å². The third-order valence-electron chi connectivity index (χ3n) is 4.50. The molecule has 2 aliphatic carbocycles. The van der Waals surface area contributed by atoms with Gasteiger partial charge in [0.25, 0.3) is 0 Å². The maximum absolute atomic E-state index is 13.9. The van der Waals surface area contributed by atoms with E-state index in [0.717, 1.165) is 0 Å². The topological polar surface area (TPSA) is 66.4 Å². The van der Waals surface area contributed by atoms with E-state index in [1.807, 2.05) is 0 Å². The molecule has 2 aliphatic rings. The molecule has 0 aromatic heterocycles. The molecular weight excluding hydrogens is 403 g/mol. The molecule has 25 heavy (non-hydrogen) atoms. The van der Waals surface area contributed by atoms with Crippen LogP contribution in [0.4, 0.5) is 35.1 Å². The van der Waals surface area contributed by atoms with E-state index >= 15 is 0 Å². The minimum atomic E-state index is -7.14. The van der Waals surface area contributed by atoms with Crippen LogP contribution < -0.4 is 29.6 Å². The Hall–Kier alpha value is 0.310. The molecule has 0 radical (unpaired) electrons. The van der Waals surface area contributed by atoms with E-state index in [-0.39, 0.29) is 48.3 Å². The number of hydrogen-bond acceptors (Lipinski definition) is 4. The van der Waals surface area contributed by atoms with Crippen molar-refractivity contribution in [2.24, 2.45) is 17.8 Å². The van der Waals surface area contributed by atoms with Gasteiger partial charge >= 0.3 is 53.0 Å². The molecule has 0 N–H and O–H groups in total. The van der Waals surface area contributed by atoms with Crippen molar-refractivity contribution in [2.45, 2.75) is 49.1 Å². The van der Waals surface area contributed by atoms with Gasteiger partial charge in [0.15, 0.2) is 10.1 Å². The molecule has 4 nitrogen and oxygen atoms in total. The minimum Gasteiger partial charge on any atom is -0.743 e. The predicted molar refractivity (Wildman–Crippen MR) is 59.5 cm³/mol. The van der Waals surface area contributed by atoms with E-state index in [2.05, 4.69) is 4.74 Å². The molecule has 0 saturated heterocycles. The fourth-order valence-corrected chi connectivity index (χ4v) is 3.67. The summed E-state index contributed by atoms with van der Waals surface area (Å²) in [6.45, 7) is 0. The zero-order valence-corrected chi connectivity index (χ0v) is 15.4. The van der Waals surface area contributed by atoms with Crippen LogP contribution in [0.1, 0.15) is 25.7 Å². The zero-order valence-electron chi connectivity index (χ0n) is 12.6. The molecule has 0 aromatic rings. The van der Waals surface area contributed by atoms with Gasteiger partial charge in [-0.3, -0.25) is 0 Å². The van der Waals surface area contributed by atoms with E-state index in [0.29, 0.717) is 6.42 Å². The summed E-state index contributed by atoms with van der Waals surface area (Å²) in [5.74, 6) is -8.51. The standard InChI is InChI=1S/C11H12F8O4S.Na/c12-8(13,7-4-5-1-2-6(7)3-5)9(14,15)23-10(16,17)11(18,19)24(20,21)22;/h5-7H,1-4H2,(H,20,21,22);/q;+1/p-1. The van der Waals surface area contributed by atoms with Crippen molar-refractivity contribution in [3.63, 3.8) is 0 Å². The average Bonchev–Trinajstić information content (AvgIpc) is 2.97. The Labute approximate surface area is 159 Å². The van der Waals surface area contributed by atoms with Gasteiger partial charge in [-0.15, -0.1) is 0 Å². The van der Waals surface area contributed by atoms with Gasteiger partial charge in [-0.2, -0.15) is 35.1 Å². The second-order valence-electron chi connectivity index (χ2n) is 6.01. The van der Waals surface area contributed by atoms with Crippen LogP contribution in [0.5, 0.6) is 0 Å². The molecule has 0 aromatic carbocycles. The van der Waals surface area contributed by atoms with Crippen LogP contribution in [0, 0.1) is 17.8 Å². The van der Waals surface area contributed by atoms with Crippen molar-refractivity contribution in [3.8, 4) is 0 Å². The number of rotatable bonds is 6. The van der Waals surface area contributed by atoms with E-state index in [1.54, 1.807) is 0 Å². The van der Waals surface area contributed by atoms with Crippen molar-refractivity contribution in [1.29, 1.82) is 0 Å². The Kier molecular flexibility index (Phi) is 6.28. The maximum Gasteiger partial charge on any atom is 1.00 e. The molecular formula is C11H11F8NaO4S. The largest absolute Gasteiger partial charge is 1.00 e. The van der Waals surface area contributed by atoms with Gasteiger partial charge in [-0.05, 0) is 31.1 Å². The van der Waals surface area contributed by atoms with E-state index < -0.39 is 51.8 Å². The summed E-state index contributed by atoms with van der Waals surface area (Å²) in [5.41, 5.74) is 0. The van der Waals surface area contributed by atoms with Crippen LogP contribution >= 0.6 is 0 Å². The molecule has 2 rings (SSSR count). The number of halogens is 8. The number of ether oxygens (including phenoxy) is 1. The summed E-state index contributed by atoms with van der Waals surface area (Å²) in [4.78, 5) is 0. The number of hydrogen-bond donors (Lipinski definition) is 0. The monoisotopic (exact) mass is 414 g/mol. The van der Waals surface area contributed by atoms with Crippen LogP contribution in [0.15, 0.2) is 0 Å². The molecule has 0 amide bonds. The van der Waals surface area contributed by atoms with Gasteiger partial charge in [0.05, 0.1) is 0 Å². The molecule has 2 saturated carbocycles. The summed E-state index contributed by atoms with van der Waals surface area (Å²) in [6.07, 6.45) is -12.3. The van der Waals surface area contributed by atoms with Crippen LogP contribution in [-0.2, 0) is 14.9 Å². The number of fused-ring (bicyclic) bond motifs is 2. The predicted octanol–water partition coefficient (Wildman–Crippen LogP) is 0.402. The fourth-order valence-electron chi connectivity index (χ4n) is 3.34. The van der Waals surface area contributed by atoms with Gasteiger partial charge in [0, 0.05) is 5.92 Å². The average molecular weight is 414 g/mol. The summed E-state index contributed by atoms with van der Waals surface area (Å²) in [5, 5.41) is -6.64. The number of alkyl halides is 8. The molecule has 0 spiro atoms. The zero-order chi connectivity index (χ0) is 18.8. The first-order chi connectivity index (χ1) is 10.5. The fraction of sp³-hybridized carbons (Fsp3) is 1.00. The van der Waals surface area contributed by atoms with E-state index in [4.69, 9.17) is 0 Å². The summed E-state index contributed by atoms with van der Waals surface area (Å²) in [7, 11) is -7.14. The van der Waals surface area contributed by atoms with Crippen molar-refractivity contribution >= 4 is 10.1 Å². The second-order valence-corrected chi connectivity index (χ2v) is 7.43. The third kappa shape index (κ3) is 3.82. The Bertz CT molecular complexity index is 611.